The number of hydrogen-bond donors (Lipinski definition) is 4. The van der Waals surface area contributed by atoms with Crippen LogP contribution in [0.2, 0.25) is 0 Å². The Kier molecular flexibility index (Phi) is 10.5. The zero-order valence-corrected chi connectivity index (χ0v) is 31.2. The van der Waals surface area contributed by atoms with Gasteiger partial charge in [0.15, 0.2) is 5.82 Å². The molecule has 0 spiro atoms. The molecule has 4 amide bonds. The van der Waals surface area contributed by atoms with Gasteiger partial charge in [0.05, 0.1) is 5.56 Å². The summed E-state index contributed by atoms with van der Waals surface area (Å²) in [6.07, 6.45) is 2.11. The molecule has 0 radical (unpaired) electrons. The number of nitrogens with one attached hydrogen (secondary N) is 2. The second kappa shape index (κ2) is 15.5. The van der Waals surface area contributed by atoms with Crippen molar-refractivity contribution in [3.05, 3.63) is 88.2 Å². The molecule has 55 heavy (non-hydrogen) atoms. The van der Waals surface area contributed by atoms with Gasteiger partial charge in [0, 0.05) is 55.7 Å². The Morgan fingerprint density at radius 1 is 0.945 bits per heavy atom. The minimum atomic E-state index is -0.704. The van der Waals surface area contributed by atoms with Crippen LogP contribution in [0.3, 0.4) is 0 Å². The largest absolute Gasteiger partial charge is 0.508 e. The highest BCUT2D eigenvalue weighted by Gasteiger charge is 2.40. The van der Waals surface area contributed by atoms with E-state index >= 15 is 0 Å². The van der Waals surface area contributed by atoms with E-state index in [0.717, 1.165) is 29.8 Å². The Bertz CT molecular complexity index is 2170. The first-order valence-corrected chi connectivity index (χ1v) is 18.8. The number of Topliss-reactive ketones (excluding diaryl/α,β-unsaturated/α-hetero) is 1. The Labute approximate surface area is 318 Å². The van der Waals surface area contributed by atoms with Gasteiger partial charge in [0.2, 0.25) is 17.6 Å². The lowest BCUT2D eigenvalue weighted by atomic mass is 9.87. The number of likely N-dealkylation sites (tertiary alicyclic amines) is 1. The third kappa shape index (κ3) is 7.46. The van der Waals surface area contributed by atoms with Crippen LogP contribution in [0.1, 0.15) is 95.6 Å². The van der Waals surface area contributed by atoms with E-state index in [4.69, 9.17) is 0 Å². The fourth-order valence-corrected chi connectivity index (χ4v) is 7.89. The third-order valence-corrected chi connectivity index (χ3v) is 10.9. The highest BCUT2D eigenvalue weighted by molar-refractivity contribution is 6.05. The summed E-state index contributed by atoms with van der Waals surface area (Å²) in [5, 5.41) is 34.9. The van der Waals surface area contributed by atoms with Gasteiger partial charge in [-0.05, 0) is 91.7 Å². The molecule has 2 saturated heterocycles. The molecule has 14 nitrogen and oxygen atoms in total. The summed E-state index contributed by atoms with van der Waals surface area (Å²) in [7, 11) is 0. The van der Waals surface area contributed by atoms with Gasteiger partial charge in [-0.3, -0.25) is 38.8 Å². The molecular formula is C41H45N7O7. The summed E-state index contributed by atoms with van der Waals surface area (Å²) < 4.78 is 1.60. The number of phenolic OH excluding ortho intramolecular Hbond substituents is 2. The molecule has 4 N–H and O–H groups in total. The van der Waals surface area contributed by atoms with Gasteiger partial charge >= 0.3 is 0 Å². The van der Waals surface area contributed by atoms with Crippen molar-refractivity contribution in [2.24, 2.45) is 5.92 Å². The smallest absolute Gasteiger partial charge is 0.289 e. The Morgan fingerprint density at radius 3 is 2.38 bits per heavy atom. The summed E-state index contributed by atoms with van der Waals surface area (Å²) in [5.74, 6) is -1.34. The number of fused-ring (bicyclic) bond motifs is 1. The van der Waals surface area contributed by atoms with Crippen molar-refractivity contribution in [3.8, 4) is 28.6 Å². The lowest BCUT2D eigenvalue weighted by Crippen LogP contribution is -2.52. The first kappa shape index (κ1) is 37.4. The van der Waals surface area contributed by atoms with E-state index in [1.807, 2.05) is 51.1 Å². The number of aromatic nitrogens is 3. The molecule has 3 aliphatic rings. The van der Waals surface area contributed by atoms with Crippen LogP contribution in [0, 0.1) is 5.92 Å². The molecule has 4 heterocycles. The minimum absolute atomic E-state index is 0.0267. The number of nitrogens with zero attached hydrogens (tertiary/aromatic N) is 5. The highest BCUT2D eigenvalue weighted by Crippen LogP contribution is 2.38. The van der Waals surface area contributed by atoms with Crippen LogP contribution in [-0.2, 0) is 33.9 Å². The molecule has 2 fully saturated rings. The number of piperidine rings is 2. The van der Waals surface area contributed by atoms with Gasteiger partial charge < -0.3 is 20.4 Å². The SMILES string of the molecule is CCNC(=O)c1nnc(-c2cc(C(C)C)c(O)cc2O)n1-c1ccc(CN2CCC(C(=O)Cc3cccc4c3CN(C3CCC(=O)NC3=O)C4=O)CC2)cc1. The number of aromatic hydroxyl groups is 2. The van der Waals surface area contributed by atoms with Crippen LogP contribution < -0.4 is 10.6 Å². The number of rotatable bonds is 11. The molecule has 0 saturated carbocycles. The van der Waals surface area contributed by atoms with Crippen LogP contribution in [0.15, 0.2) is 54.6 Å². The maximum absolute atomic E-state index is 13.6. The fourth-order valence-electron chi connectivity index (χ4n) is 7.89. The van der Waals surface area contributed by atoms with E-state index in [9.17, 15) is 34.2 Å². The minimum Gasteiger partial charge on any atom is -0.508 e. The summed E-state index contributed by atoms with van der Waals surface area (Å²) in [6.45, 7) is 8.45. The first-order valence-electron chi connectivity index (χ1n) is 18.8. The molecule has 3 aliphatic heterocycles. The zero-order valence-electron chi connectivity index (χ0n) is 31.2. The van der Waals surface area contributed by atoms with E-state index in [2.05, 4.69) is 25.7 Å². The van der Waals surface area contributed by atoms with Gasteiger partial charge in [0.1, 0.15) is 23.3 Å². The van der Waals surface area contributed by atoms with E-state index in [-0.39, 0.29) is 78.4 Å². The molecule has 1 atom stereocenters. The van der Waals surface area contributed by atoms with Crippen LogP contribution in [0.25, 0.3) is 17.1 Å². The van der Waals surface area contributed by atoms with Crippen molar-refractivity contribution in [1.82, 2.24) is 35.2 Å². The first-order chi connectivity index (χ1) is 26.4. The standard InChI is InChI=1S/C41H45N7O7/c1-4-42-40(54)38-45-44-37(30-19-29(23(2)3)34(50)20-35(30)51)48(38)27-10-8-24(9-11-27)21-46-16-14-25(15-17-46)33(49)18-26-6-5-7-28-31(26)22-47(41(28)55)32-12-13-36(52)43-39(32)53/h5-11,19-20,23,25,32,50-51H,4,12-18,21-22H2,1-3H3,(H,42,54)(H,43,52,53). The maximum Gasteiger partial charge on any atom is 0.289 e. The Balaban J connectivity index is 1.00. The lowest BCUT2D eigenvalue weighted by Gasteiger charge is -2.31. The molecule has 14 heteroatoms. The van der Waals surface area contributed by atoms with Crippen LogP contribution in [0.4, 0.5) is 0 Å². The second-order valence-electron chi connectivity index (χ2n) is 14.8. The van der Waals surface area contributed by atoms with Gasteiger partial charge in [0.25, 0.3) is 11.8 Å². The van der Waals surface area contributed by atoms with E-state index in [0.29, 0.717) is 48.3 Å². The average Bonchev–Trinajstić information content (AvgIpc) is 3.74. The molecule has 1 aromatic heterocycles. The molecule has 286 valence electrons. The number of benzene rings is 3. The molecule has 0 bridgehead atoms. The van der Waals surface area contributed by atoms with Crippen LogP contribution in [0.5, 0.6) is 11.5 Å². The predicted molar refractivity (Wildman–Crippen MR) is 201 cm³/mol. The summed E-state index contributed by atoms with van der Waals surface area (Å²) in [5.41, 5.74) is 4.73. The van der Waals surface area contributed by atoms with Gasteiger partial charge in [-0.2, -0.15) is 0 Å². The fraction of sp³-hybridized carbons (Fsp3) is 0.390. The number of carbonyl (C=O) groups excluding carboxylic acids is 5. The molecule has 1 unspecified atom stereocenters. The van der Waals surface area contributed by atoms with Crippen molar-refractivity contribution < 1.29 is 34.2 Å². The van der Waals surface area contributed by atoms with E-state index in [1.165, 1.54) is 11.0 Å². The Morgan fingerprint density at radius 2 is 1.69 bits per heavy atom. The van der Waals surface area contributed by atoms with Gasteiger partial charge in [-0.25, -0.2) is 0 Å². The number of carbonyl (C=O) groups is 5. The summed E-state index contributed by atoms with van der Waals surface area (Å²) >= 11 is 0. The van der Waals surface area contributed by atoms with Gasteiger partial charge in [-0.15, -0.1) is 10.2 Å². The number of amides is 4. The normalized spacial score (nSPS) is 17.8. The van der Waals surface area contributed by atoms with Crippen molar-refractivity contribution >= 4 is 29.4 Å². The maximum atomic E-state index is 13.6. The molecule has 0 aliphatic carbocycles. The molecule has 7 rings (SSSR count). The highest BCUT2D eigenvalue weighted by atomic mass is 16.3. The number of ketones is 1. The van der Waals surface area contributed by atoms with E-state index < -0.39 is 17.9 Å². The van der Waals surface area contributed by atoms with Crippen molar-refractivity contribution in [2.45, 2.75) is 77.9 Å². The monoisotopic (exact) mass is 747 g/mol. The molecular weight excluding hydrogens is 702 g/mol. The number of hydrogen-bond acceptors (Lipinski definition) is 10. The summed E-state index contributed by atoms with van der Waals surface area (Å²) in [4.78, 5) is 67.9. The van der Waals surface area contributed by atoms with Crippen molar-refractivity contribution in [3.63, 3.8) is 0 Å². The predicted octanol–water partition coefficient (Wildman–Crippen LogP) is 4.00. The van der Waals surface area contributed by atoms with Crippen molar-refractivity contribution in [1.29, 1.82) is 0 Å². The topological polar surface area (TPSA) is 187 Å². The zero-order chi connectivity index (χ0) is 39.0. The van der Waals surface area contributed by atoms with Crippen LogP contribution >= 0.6 is 0 Å². The number of phenols is 2. The Hall–Kier alpha value is -5.89. The van der Waals surface area contributed by atoms with E-state index in [1.54, 1.807) is 22.8 Å². The summed E-state index contributed by atoms with van der Waals surface area (Å²) in [6, 6.07) is 15.4. The lowest BCUT2D eigenvalue weighted by molar-refractivity contribution is -0.137. The van der Waals surface area contributed by atoms with Gasteiger partial charge in [-0.1, -0.05) is 38.1 Å². The number of imide groups is 1. The average molecular weight is 748 g/mol. The molecule has 3 aromatic carbocycles. The quantitative estimate of drug-likeness (QED) is 0.163. The van der Waals surface area contributed by atoms with Crippen molar-refractivity contribution in [2.75, 3.05) is 19.6 Å². The second-order valence-corrected chi connectivity index (χ2v) is 14.8. The third-order valence-electron chi connectivity index (χ3n) is 10.9. The molecule has 4 aromatic rings. The van der Waals surface area contributed by atoms with Crippen LogP contribution in [-0.4, -0.2) is 89.9 Å².